The van der Waals surface area contributed by atoms with Crippen LogP contribution in [0, 0.1) is 45.8 Å². The van der Waals surface area contributed by atoms with Crippen LogP contribution in [0.2, 0.25) is 0 Å². The third-order valence-electron chi connectivity index (χ3n) is 10.1. The third-order valence-corrected chi connectivity index (χ3v) is 10.1. The van der Waals surface area contributed by atoms with Gasteiger partial charge in [0, 0.05) is 11.3 Å². The number of rotatable bonds is 1. The summed E-state index contributed by atoms with van der Waals surface area (Å²) in [5.41, 5.74) is 0.894. The maximum atomic E-state index is 12.2. The summed E-state index contributed by atoms with van der Waals surface area (Å²) < 4.78 is 0. The van der Waals surface area contributed by atoms with Crippen LogP contribution in [0.1, 0.15) is 72.1 Å². The van der Waals surface area contributed by atoms with Crippen molar-refractivity contribution in [2.45, 2.75) is 78.2 Å². The zero-order valence-corrected chi connectivity index (χ0v) is 15.0. The number of hydrogen-bond acceptors (Lipinski definition) is 2. The number of ketones is 1. The predicted octanol–water partition coefficient (Wildman–Crippen LogP) is 4.21. The number of Topliss-reactive ketones (excluding diaryl/α,β-unsaturated/α-hetero) is 1. The second-order valence-corrected chi connectivity index (χ2v) is 10.3. The van der Waals surface area contributed by atoms with Crippen LogP contribution >= 0.6 is 0 Å². The molecule has 1 spiro atoms. The molecule has 0 aromatic heterocycles. The highest BCUT2D eigenvalue weighted by molar-refractivity contribution is 5.79. The van der Waals surface area contributed by atoms with Gasteiger partial charge in [0.05, 0.1) is 6.10 Å². The van der Waals surface area contributed by atoms with Crippen LogP contribution in [0.5, 0.6) is 0 Å². The van der Waals surface area contributed by atoms with Crippen molar-refractivity contribution in [3.8, 4) is 0 Å². The van der Waals surface area contributed by atoms with E-state index in [-0.39, 0.29) is 17.4 Å². The van der Waals surface area contributed by atoms with Crippen molar-refractivity contribution in [1.29, 1.82) is 0 Å². The number of hydrogen-bond donors (Lipinski definition) is 1. The minimum absolute atomic E-state index is 0.0695. The molecule has 2 heteroatoms. The van der Waals surface area contributed by atoms with E-state index in [1.165, 1.54) is 38.5 Å². The number of carbonyl (C=O) groups excluding carboxylic acids is 1. The van der Waals surface area contributed by atoms with Crippen molar-refractivity contribution in [2.24, 2.45) is 45.8 Å². The lowest BCUT2D eigenvalue weighted by Crippen LogP contribution is -2.56. The van der Waals surface area contributed by atoms with E-state index in [0.717, 1.165) is 24.7 Å². The van der Waals surface area contributed by atoms with Gasteiger partial charge in [-0.2, -0.15) is 0 Å². The van der Waals surface area contributed by atoms with Crippen molar-refractivity contribution in [2.75, 3.05) is 0 Å². The molecule has 9 atom stereocenters. The van der Waals surface area contributed by atoms with Crippen LogP contribution in [-0.4, -0.2) is 17.0 Å². The normalized spacial score (nSPS) is 63.0. The first-order valence-electron chi connectivity index (χ1n) is 10.0. The Balaban J connectivity index is 1.52. The summed E-state index contributed by atoms with van der Waals surface area (Å²) in [6.07, 6.45) is 9.83. The van der Waals surface area contributed by atoms with Crippen molar-refractivity contribution in [3.05, 3.63) is 0 Å². The standard InChI is InChI=1S/C21H32O2/c1-12(22)15-4-5-16-14-10-18(23)21-11-13(21)6-9-20(21,3)17(14)7-8-19(15,16)2/h13-18,23H,4-11H2,1-3H3/t13?,14-,15+,16-,17-,18+,19+,20+,21-/m0/s1. The fourth-order valence-corrected chi connectivity index (χ4v) is 8.98. The van der Waals surface area contributed by atoms with Gasteiger partial charge in [0.2, 0.25) is 0 Å². The lowest BCUT2D eigenvalue weighted by Gasteiger charge is -2.60. The molecule has 128 valence electrons. The molecule has 0 radical (unpaired) electrons. The third kappa shape index (κ3) is 1.50. The van der Waals surface area contributed by atoms with Gasteiger partial charge in [-0.25, -0.2) is 0 Å². The van der Waals surface area contributed by atoms with Gasteiger partial charge in [-0.15, -0.1) is 0 Å². The summed E-state index contributed by atoms with van der Waals surface area (Å²) in [4.78, 5) is 12.2. The molecule has 5 aliphatic carbocycles. The Hall–Kier alpha value is -0.370. The molecule has 5 fully saturated rings. The molecular weight excluding hydrogens is 284 g/mol. The summed E-state index contributed by atoms with van der Waals surface area (Å²) >= 11 is 0. The fraction of sp³-hybridized carbons (Fsp3) is 0.952. The largest absolute Gasteiger partial charge is 0.393 e. The lowest BCUT2D eigenvalue weighted by molar-refractivity contribution is -0.153. The van der Waals surface area contributed by atoms with Crippen molar-refractivity contribution in [1.82, 2.24) is 0 Å². The van der Waals surface area contributed by atoms with Crippen molar-refractivity contribution >= 4 is 5.78 Å². The number of fused-ring (bicyclic) bond motifs is 4. The highest BCUT2D eigenvalue weighted by Gasteiger charge is 2.77. The zero-order valence-electron chi connectivity index (χ0n) is 15.0. The highest BCUT2D eigenvalue weighted by atomic mass is 16.3. The van der Waals surface area contributed by atoms with E-state index >= 15 is 0 Å². The molecule has 1 N–H and O–H groups in total. The molecule has 0 heterocycles. The Morgan fingerprint density at radius 2 is 1.83 bits per heavy atom. The molecule has 0 aromatic rings. The van der Waals surface area contributed by atoms with Crippen LogP contribution in [-0.2, 0) is 4.79 Å². The molecule has 1 unspecified atom stereocenters. The van der Waals surface area contributed by atoms with E-state index in [0.29, 0.717) is 28.4 Å². The Labute approximate surface area is 140 Å². The van der Waals surface area contributed by atoms with E-state index < -0.39 is 0 Å². The van der Waals surface area contributed by atoms with Gasteiger partial charge in [0.1, 0.15) is 5.78 Å². The molecular formula is C21H32O2. The molecule has 23 heavy (non-hydrogen) atoms. The van der Waals surface area contributed by atoms with E-state index in [1.54, 1.807) is 0 Å². The Morgan fingerprint density at radius 1 is 1.04 bits per heavy atom. The van der Waals surface area contributed by atoms with Crippen molar-refractivity contribution in [3.63, 3.8) is 0 Å². The van der Waals surface area contributed by atoms with Crippen LogP contribution in [0.4, 0.5) is 0 Å². The van der Waals surface area contributed by atoms with Crippen LogP contribution in [0.25, 0.3) is 0 Å². The highest BCUT2D eigenvalue weighted by Crippen LogP contribution is 2.81. The summed E-state index contributed by atoms with van der Waals surface area (Å²) in [5, 5.41) is 11.1. The van der Waals surface area contributed by atoms with Crippen molar-refractivity contribution < 1.29 is 9.90 Å². The molecule has 0 aliphatic heterocycles. The summed E-state index contributed by atoms with van der Waals surface area (Å²) in [7, 11) is 0. The minimum Gasteiger partial charge on any atom is -0.393 e. The first kappa shape index (κ1) is 14.9. The number of aliphatic hydroxyl groups is 1. The SMILES string of the molecule is CC(=O)[C@H]1CC[C@H]2[C@@H]3C[C@@H](O)[C@]45CC4CC[C@]5(C)[C@H]3CC[C@]12C. The van der Waals surface area contributed by atoms with Gasteiger partial charge < -0.3 is 5.11 Å². The summed E-state index contributed by atoms with van der Waals surface area (Å²) in [5.74, 6) is 3.68. The Kier molecular flexibility index (Phi) is 2.75. The molecule has 0 saturated heterocycles. The monoisotopic (exact) mass is 316 g/mol. The van der Waals surface area contributed by atoms with Gasteiger partial charge in [-0.05, 0) is 92.8 Å². The molecule has 0 aromatic carbocycles. The topological polar surface area (TPSA) is 37.3 Å². The first-order chi connectivity index (χ1) is 10.8. The fourth-order valence-electron chi connectivity index (χ4n) is 8.98. The summed E-state index contributed by atoms with van der Waals surface area (Å²) in [6.45, 7) is 6.74. The second-order valence-electron chi connectivity index (χ2n) is 10.3. The number of aliphatic hydroxyl groups excluding tert-OH is 1. The smallest absolute Gasteiger partial charge is 0.133 e. The van der Waals surface area contributed by atoms with E-state index in [9.17, 15) is 9.90 Å². The average Bonchev–Trinajstić information content (AvgIpc) is 3.01. The quantitative estimate of drug-likeness (QED) is 0.787. The van der Waals surface area contributed by atoms with Gasteiger partial charge >= 0.3 is 0 Å². The molecule has 5 saturated carbocycles. The van der Waals surface area contributed by atoms with Gasteiger partial charge in [0.25, 0.3) is 0 Å². The zero-order chi connectivity index (χ0) is 16.2. The van der Waals surface area contributed by atoms with Crippen LogP contribution < -0.4 is 0 Å². The maximum Gasteiger partial charge on any atom is 0.133 e. The average molecular weight is 316 g/mol. The molecule has 5 rings (SSSR count). The van der Waals surface area contributed by atoms with E-state index in [4.69, 9.17) is 0 Å². The number of carbonyl (C=O) groups is 1. The lowest BCUT2D eigenvalue weighted by atomic mass is 9.45. The van der Waals surface area contributed by atoms with Gasteiger partial charge in [-0.1, -0.05) is 13.8 Å². The van der Waals surface area contributed by atoms with E-state index in [2.05, 4.69) is 13.8 Å². The minimum atomic E-state index is -0.0695. The maximum absolute atomic E-state index is 12.2. The van der Waals surface area contributed by atoms with Crippen LogP contribution in [0.15, 0.2) is 0 Å². The molecule has 2 nitrogen and oxygen atoms in total. The Morgan fingerprint density at radius 3 is 2.52 bits per heavy atom. The van der Waals surface area contributed by atoms with Gasteiger partial charge in [0.15, 0.2) is 0 Å². The van der Waals surface area contributed by atoms with E-state index in [1.807, 2.05) is 6.92 Å². The first-order valence-corrected chi connectivity index (χ1v) is 10.0. The summed E-state index contributed by atoms with van der Waals surface area (Å²) in [6, 6.07) is 0. The molecule has 5 aliphatic rings. The second kappa shape index (κ2) is 4.23. The molecule has 0 bridgehead atoms. The molecule has 0 amide bonds. The predicted molar refractivity (Wildman–Crippen MR) is 89.7 cm³/mol. The van der Waals surface area contributed by atoms with Gasteiger partial charge in [-0.3, -0.25) is 4.79 Å². The van der Waals surface area contributed by atoms with Crippen LogP contribution in [0.3, 0.4) is 0 Å². The Bertz CT molecular complexity index is 570.